The predicted octanol–water partition coefficient (Wildman–Crippen LogP) is 4.43. The molecule has 20 heavy (non-hydrogen) atoms. The average Bonchev–Trinajstić information content (AvgIpc) is 2.48. The van der Waals surface area contributed by atoms with Gasteiger partial charge in [-0.1, -0.05) is 60.1 Å². The summed E-state index contributed by atoms with van der Waals surface area (Å²) in [5.41, 5.74) is 2.24. The minimum atomic E-state index is 0.0810. The Morgan fingerprint density at radius 1 is 1.10 bits per heavy atom. The maximum Gasteiger partial charge on any atom is 0.0641 e. The summed E-state index contributed by atoms with van der Waals surface area (Å²) in [4.78, 5) is 2.17. The van der Waals surface area contributed by atoms with Crippen molar-refractivity contribution in [3.63, 3.8) is 0 Å². The van der Waals surface area contributed by atoms with Gasteiger partial charge >= 0.3 is 0 Å². The Bertz CT molecular complexity index is 589. The van der Waals surface area contributed by atoms with Crippen LogP contribution in [0.3, 0.4) is 0 Å². The molecule has 0 N–H and O–H groups in total. The highest BCUT2D eigenvalue weighted by Crippen LogP contribution is 2.26. The molecule has 2 aromatic carbocycles. The lowest BCUT2D eigenvalue weighted by molar-refractivity contribution is 0.239. The third-order valence-corrected chi connectivity index (χ3v) is 3.75. The maximum absolute atomic E-state index is 9.06. The van der Waals surface area contributed by atoms with Crippen LogP contribution < -0.4 is 0 Å². The monoisotopic (exact) mass is 284 g/mol. The van der Waals surface area contributed by atoms with Gasteiger partial charge in [0.2, 0.25) is 0 Å². The predicted molar refractivity (Wildman–Crippen MR) is 82.3 cm³/mol. The van der Waals surface area contributed by atoms with Crippen molar-refractivity contribution in [2.45, 2.75) is 19.0 Å². The molecule has 3 heteroatoms. The molecule has 0 radical (unpaired) electrons. The van der Waals surface area contributed by atoms with Crippen molar-refractivity contribution in [1.82, 2.24) is 4.90 Å². The molecule has 0 fully saturated rings. The molecule has 0 spiro atoms. The van der Waals surface area contributed by atoms with Crippen molar-refractivity contribution in [2.75, 3.05) is 7.05 Å². The zero-order valence-electron chi connectivity index (χ0n) is 11.5. The minimum absolute atomic E-state index is 0.0810. The van der Waals surface area contributed by atoms with Crippen LogP contribution in [-0.2, 0) is 6.54 Å². The van der Waals surface area contributed by atoms with Gasteiger partial charge in [-0.2, -0.15) is 5.26 Å². The molecule has 0 amide bonds. The number of hydrogen-bond acceptors (Lipinski definition) is 2. The average molecular weight is 285 g/mol. The molecule has 0 aliphatic rings. The van der Waals surface area contributed by atoms with Gasteiger partial charge in [0.25, 0.3) is 0 Å². The molecule has 0 saturated heterocycles. The number of rotatable bonds is 5. The lowest BCUT2D eigenvalue weighted by Gasteiger charge is -2.27. The Balaban J connectivity index is 2.18. The van der Waals surface area contributed by atoms with Crippen molar-refractivity contribution in [1.29, 1.82) is 5.26 Å². The summed E-state index contributed by atoms with van der Waals surface area (Å²) in [7, 11) is 2.03. The Morgan fingerprint density at radius 2 is 1.75 bits per heavy atom. The molecule has 102 valence electrons. The second-order valence-electron chi connectivity index (χ2n) is 4.80. The van der Waals surface area contributed by atoms with Crippen LogP contribution in [0.1, 0.15) is 23.6 Å². The highest BCUT2D eigenvalue weighted by molar-refractivity contribution is 6.31. The third-order valence-electron chi connectivity index (χ3n) is 3.38. The lowest BCUT2D eigenvalue weighted by Crippen LogP contribution is -2.24. The Morgan fingerprint density at radius 3 is 2.40 bits per heavy atom. The molecule has 0 aromatic heterocycles. The van der Waals surface area contributed by atoms with Gasteiger partial charge in [-0.15, -0.1) is 0 Å². The topological polar surface area (TPSA) is 27.0 Å². The molecule has 1 unspecified atom stereocenters. The van der Waals surface area contributed by atoms with Crippen LogP contribution in [0.4, 0.5) is 0 Å². The van der Waals surface area contributed by atoms with E-state index < -0.39 is 0 Å². The zero-order valence-corrected chi connectivity index (χ0v) is 12.2. The van der Waals surface area contributed by atoms with Crippen molar-refractivity contribution in [3.05, 3.63) is 70.7 Å². The van der Waals surface area contributed by atoms with Crippen LogP contribution in [-0.4, -0.2) is 11.9 Å². The Hall–Kier alpha value is -1.82. The first-order chi connectivity index (χ1) is 9.72. The van der Waals surface area contributed by atoms with Gasteiger partial charge in [-0.25, -0.2) is 0 Å². The zero-order chi connectivity index (χ0) is 14.4. The van der Waals surface area contributed by atoms with E-state index in [1.165, 1.54) is 0 Å². The summed E-state index contributed by atoms with van der Waals surface area (Å²) >= 11 is 6.20. The van der Waals surface area contributed by atoms with Gasteiger partial charge in [0.15, 0.2) is 0 Å². The van der Waals surface area contributed by atoms with Crippen molar-refractivity contribution in [2.24, 2.45) is 0 Å². The van der Waals surface area contributed by atoms with Crippen molar-refractivity contribution < 1.29 is 0 Å². The molecule has 2 rings (SSSR count). The van der Waals surface area contributed by atoms with E-state index in [9.17, 15) is 0 Å². The largest absolute Gasteiger partial charge is 0.294 e. The van der Waals surface area contributed by atoms with Crippen LogP contribution in [0.5, 0.6) is 0 Å². The summed E-state index contributed by atoms with van der Waals surface area (Å²) in [6.45, 7) is 0.723. The van der Waals surface area contributed by atoms with Crippen LogP contribution >= 0.6 is 11.6 Å². The fourth-order valence-corrected chi connectivity index (χ4v) is 2.49. The highest BCUT2D eigenvalue weighted by atomic mass is 35.5. The van der Waals surface area contributed by atoms with Gasteiger partial charge in [0, 0.05) is 17.6 Å². The summed E-state index contributed by atoms with van der Waals surface area (Å²) in [5, 5.41) is 9.83. The fourth-order valence-electron chi connectivity index (χ4n) is 2.30. The van der Waals surface area contributed by atoms with E-state index >= 15 is 0 Å². The van der Waals surface area contributed by atoms with Gasteiger partial charge in [0.05, 0.1) is 12.5 Å². The quantitative estimate of drug-likeness (QED) is 0.812. The van der Waals surface area contributed by atoms with Crippen LogP contribution in [0, 0.1) is 11.3 Å². The molecule has 0 aliphatic carbocycles. The first-order valence-electron chi connectivity index (χ1n) is 6.58. The molecular weight excluding hydrogens is 268 g/mol. The maximum atomic E-state index is 9.06. The van der Waals surface area contributed by atoms with Crippen molar-refractivity contribution >= 4 is 11.6 Å². The van der Waals surface area contributed by atoms with Crippen LogP contribution in [0.15, 0.2) is 54.6 Å². The highest BCUT2D eigenvalue weighted by Gasteiger charge is 2.17. The van der Waals surface area contributed by atoms with Gasteiger partial charge < -0.3 is 0 Å². The standard InChI is InChI=1S/C17H17ClN2/c1-20(13-15-9-5-6-10-16(15)18)17(11-12-19)14-7-3-2-4-8-14/h2-10,17H,11,13H2,1H3. The summed E-state index contributed by atoms with van der Waals surface area (Å²) in [5.74, 6) is 0. The second-order valence-corrected chi connectivity index (χ2v) is 5.20. The van der Waals surface area contributed by atoms with E-state index in [-0.39, 0.29) is 6.04 Å². The first kappa shape index (κ1) is 14.6. The van der Waals surface area contributed by atoms with E-state index in [0.717, 1.165) is 22.7 Å². The Labute approximate surface area is 125 Å². The summed E-state index contributed by atoms with van der Waals surface area (Å²) in [6, 6.07) is 20.3. The number of halogens is 1. The van der Waals surface area contributed by atoms with E-state index in [0.29, 0.717) is 6.42 Å². The lowest BCUT2D eigenvalue weighted by atomic mass is 10.0. The number of benzene rings is 2. The minimum Gasteiger partial charge on any atom is -0.294 e. The molecular formula is C17H17ClN2. The van der Waals surface area contributed by atoms with Crippen LogP contribution in [0.2, 0.25) is 5.02 Å². The summed E-state index contributed by atoms with van der Waals surface area (Å²) < 4.78 is 0. The van der Waals surface area contributed by atoms with Gasteiger partial charge in [-0.3, -0.25) is 4.90 Å². The first-order valence-corrected chi connectivity index (χ1v) is 6.95. The second kappa shape index (κ2) is 7.09. The molecule has 2 nitrogen and oxygen atoms in total. The van der Waals surface area contributed by atoms with Gasteiger partial charge in [0.1, 0.15) is 0 Å². The normalized spacial score (nSPS) is 12.1. The SMILES string of the molecule is CN(Cc1ccccc1Cl)C(CC#N)c1ccccc1. The molecule has 0 saturated carbocycles. The van der Waals surface area contributed by atoms with Gasteiger partial charge in [-0.05, 0) is 24.2 Å². The van der Waals surface area contributed by atoms with Crippen molar-refractivity contribution in [3.8, 4) is 6.07 Å². The fraction of sp³-hybridized carbons (Fsp3) is 0.235. The molecule has 0 heterocycles. The molecule has 0 bridgehead atoms. The molecule has 2 aromatic rings. The number of hydrogen-bond donors (Lipinski definition) is 0. The van der Waals surface area contributed by atoms with E-state index in [4.69, 9.17) is 16.9 Å². The smallest absolute Gasteiger partial charge is 0.0641 e. The Kier molecular flexibility index (Phi) is 5.17. The van der Waals surface area contributed by atoms with E-state index in [1.807, 2.05) is 49.5 Å². The van der Waals surface area contributed by atoms with E-state index in [1.54, 1.807) is 0 Å². The van der Waals surface area contributed by atoms with Crippen LogP contribution in [0.25, 0.3) is 0 Å². The number of nitriles is 1. The molecule has 1 atom stereocenters. The molecule has 0 aliphatic heterocycles. The third kappa shape index (κ3) is 3.60. The van der Waals surface area contributed by atoms with E-state index in [2.05, 4.69) is 23.1 Å². The number of nitrogens with zero attached hydrogens (tertiary/aromatic N) is 2. The summed E-state index contributed by atoms with van der Waals surface area (Å²) in [6.07, 6.45) is 0.463.